The van der Waals surface area contributed by atoms with E-state index in [1.165, 1.54) is 0 Å². The Kier molecular flexibility index (Phi) is 8.52. The molecule has 0 spiro atoms. The van der Waals surface area contributed by atoms with E-state index in [1.54, 1.807) is 0 Å². The highest BCUT2D eigenvalue weighted by Gasteiger charge is 2.50. The van der Waals surface area contributed by atoms with Gasteiger partial charge in [-0.2, -0.15) is 0 Å². The molecule has 0 bridgehead atoms. The molecular weight excluding hydrogens is 424 g/mol. The lowest BCUT2D eigenvalue weighted by atomic mass is 9.93. The van der Waals surface area contributed by atoms with E-state index in [4.69, 9.17) is 9.47 Å². The first-order chi connectivity index (χ1) is 15.7. The molecule has 0 radical (unpaired) electrons. The first kappa shape index (κ1) is 25.6. The highest BCUT2D eigenvalue weighted by Crippen LogP contribution is 2.42. The van der Waals surface area contributed by atoms with Crippen LogP contribution in [0.2, 0.25) is 5.04 Å². The predicted octanol–water partition coefficient (Wildman–Crippen LogP) is 5.59. The summed E-state index contributed by atoms with van der Waals surface area (Å²) in [6, 6.07) is 20.6. The number of benzene rings is 2. The Bertz CT molecular complexity index is 879. The Morgan fingerprint density at radius 2 is 1.61 bits per heavy atom. The van der Waals surface area contributed by atoms with Crippen LogP contribution in [-0.2, 0) is 9.47 Å². The van der Waals surface area contributed by atoms with Crippen LogP contribution in [0.4, 0.5) is 0 Å². The molecule has 1 saturated heterocycles. The average Bonchev–Trinajstić information content (AvgIpc) is 3.16. The van der Waals surface area contributed by atoms with E-state index in [0.717, 1.165) is 29.6 Å². The number of rotatable bonds is 10. The second-order valence-corrected chi connectivity index (χ2v) is 14.1. The summed E-state index contributed by atoms with van der Waals surface area (Å²) in [5.74, 6) is -0.0769. The van der Waals surface area contributed by atoms with Crippen molar-refractivity contribution in [2.75, 3.05) is 6.61 Å². The molecule has 0 unspecified atom stereocenters. The van der Waals surface area contributed by atoms with E-state index in [1.807, 2.05) is 50.2 Å². The third kappa shape index (κ3) is 6.33. The van der Waals surface area contributed by atoms with Gasteiger partial charge in [-0.05, 0) is 54.4 Å². The van der Waals surface area contributed by atoms with Gasteiger partial charge in [-0.3, -0.25) is 0 Å². The van der Waals surface area contributed by atoms with Crippen molar-refractivity contribution in [2.24, 2.45) is 5.92 Å². The van der Waals surface area contributed by atoms with Gasteiger partial charge in [0.1, 0.15) is 0 Å². The van der Waals surface area contributed by atoms with Gasteiger partial charge in [-0.1, -0.05) is 106 Å². The molecule has 2 aromatic rings. The number of ether oxygens (including phenoxy) is 2. The highest BCUT2D eigenvalue weighted by atomic mass is 28.4. The summed E-state index contributed by atoms with van der Waals surface area (Å²) < 4.78 is 11.5. The molecule has 0 aliphatic carbocycles. The van der Waals surface area contributed by atoms with Crippen molar-refractivity contribution in [1.82, 2.24) is 0 Å². The Hall–Kier alpha value is -1.98. The topological polar surface area (TPSA) is 38.7 Å². The van der Waals surface area contributed by atoms with Crippen molar-refractivity contribution in [3.8, 4) is 0 Å². The molecular formula is C29H40O3Si. The summed E-state index contributed by atoms with van der Waals surface area (Å²) in [6.07, 6.45) is 11.7. The smallest absolute Gasteiger partial charge is 0.258 e. The van der Waals surface area contributed by atoms with Gasteiger partial charge in [0.15, 0.2) is 5.79 Å². The molecule has 4 heteroatoms. The molecule has 0 saturated carbocycles. The van der Waals surface area contributed by atoms with Gasteiger partial charge in [0, 0.05) is 0 Å². The Morgan fingerprint density at radius 1 is 1.03 bits per heavy atom. The summed E-state index contributed by atoms with van der Waals surface area (Å²) in [5.41, 5.74) is 0. The van der Waals surface area contributed by atoms with Gasteiger partial charge in [0.25, 0.3) is 8.32 Å². The Balaban J connectivity index is 1.72. The van der Waals surface area contributed by atoms with Gasteiger partial charge in [0.05, 0.1) is 12.7 Å². The molecule has 1 fully saturated rings. The van der Waals surface area contributed by atoms with E-state index in [-0.39, 0.29) is 11.1 Å². The number of hydrogen-bond donors (Lipinski definition) is 1. The predicted molar refractivity (Wildman–Crippen MR) is 140 cm³/mol. The second kappa shape index (κ2) is 11.0. The lowest BCUT2D eigenvalue weighted by molar-refractivity contribution is -0.137. The average molecular weight is 465 g/mol. The molecule has 0 aromatic heterocycles. The maximum atomic E-state index is 12.4. The minimum absolute atomic E-state index is 0.128. The minimum atomic E-state index is -2.98. The molecule has 1 heterocycles. The first-order valence-electron chi connectivity index (χ1n) is 12.2. The van der Waals surface area contributed by atoms with E-state index in [2.05, 4.69) is 69.3 Å². The fraction of sp³-hybridized carbons (Fsp3) is 0.448. The van der Waals surface area contributed by atoms with Crippen molar-refractivity contribution >= 4 is 18.7 Å². The van der Waals surface area contributed by atoms with Crippen molar-refractivity contribution in [3.05, 3.63) is 85.0 Å². The molecule has 3 nitrogen and oxygen atoms in total. The summed E-state index contributed by atoms with van der Waals surface area (Å²) in [6.45, 7) is 11.3. The third-order valence-corrected chi connectivity index (χ3v) is 11.3. The largest absolute Gasteiger partial charge is 0.424 e. The maximum absolute atomic E-state index is 12.4. The molecule has 33 heavy (non-hydrogen) atoms. The molecule has 2 atom stereocenters. The fourth-order valence-electron chi connectivity index (χ4n) is 4.87. The van der Waals surface area contributed by atoms with Gasteiger partial charge in [-0.15, -0.1) is 0 Å². The van der Waals surface area contributed by atoms with Crippen LogP contribution in [0.1, 0.15) is 53.9 Å². The van der Waals surface area contributed by atoms with Crippen molar-refractivity contribution < 1.29 is 14.3 Å². The van der Waals surface area contributed by atoms with Crippen LogP contribution in [0.5, 0.6) is 0 Å². The SMILES string of the molecule is CC[C@H](/C=C/C=C\C[C@@H]1COC(C)(C)O1)CC(C)(C)[Si](O)(c1ccccc1)c1ccccc1. The van der Waals surface area contributed by atoms with Crippen LogP contribution in [-0.4, -0.2) is 31.6 Å². The molecule has 2 aromatic carbocycles. The monoisotopic (exact) mass is 464 g/mol. The zero-order chi connectivity index (χ0) is 24.0. The van der Waals surface area contributed by atoms with Crippen LogP contribution >= 0.6 is 0 Å². The van der Waals surface area contributed by atoms with Crippen LogP contribution in [0.15, 0.2) is 85.0 Å². The second-order valence-electron chi connectivity index (χ2n) is 10.2. The zero-order valence-corrected chi connectivity index (χ0v) is 21.8. The molecule has 1 N–H and O–H groups in total. The van der Waals surface area contributed by atoms with E-state index in [9.17, 15) is 4.80 Å². The van der Waals surface area contributed by atoms with Gasteiger partial charge in [0.2, 0.25) is 0 Å². The summed E-state index contributed by atoms with van der Waals surface area (Å²) in [7, 11) is -2.98. The maximum Gasteiger partial charge on any atom is 0.258 e. The lowest BCUT2D eigenvalue weighted by Crippen LogP contribution is -2.65. The fourth-order valence-corrected chi connectivity index (χ4v) is 8.67. The number of allylic oxidation sites excluding steroid dienone is 3. The first-order valence-corrected chi connectivity index (χ1v) is 14.1. The molecule has 178 valence electrons. The standard InChI is InChI=1S/C29H40O3Si/c1-6-24(16-10-7-11-17-25-23-31-29(4,5)32-25)22-28(2,3)33(30,26-18-12-8-13-19-26)27-20-14-9-15-21-27/h7-16,18-21,24-25,30H,6,17,22-23H2,1-5H3/b11-7-,16-10+/t24-,25-/m1/s1. The van der Waals surface area contributed by atoms with E-state index < -0.39 is 14.1 Å². The quantitative estimate of drug-likeness (QED) is 0.368. The summed E-state index contributed by atoms with van der Waals surface area (Å²) in [5, 5.41) is 1.90. The van der Waals surface area contributed by atoms with Gasteiger partial charge >= 0.3 is 0 Å². The summed E-state index contributed by atoms with van der Waals surface area (Å²) in [4.78, 5) is 12.4. The van der Waals surface area contributed by atoms with Crippen LogP contribution in [0.25, 0.3) is 0 Å². The molecule has 0 amide bonds. The van der Waals surface area contributed by atoms with Crippen molar-refractivity contribution in [1.29, 1.82) is 0 Å². The Morgan fingerprint density at radius 3 is 2.09 bits per heavy atom. The third-order valence-electron chi connectivity index (χ3n) is 6.76. The van der Waals surface area contributed by atoms with E-state index in [0.29, 0.717) is 12.5 Å². The zero-order valence-electron chi connectivity index (χ0n) is 20.8. The van der Waals surface area contributed by atoms with Gasteiger partial charge < -0.3 is 14.3 Å². The Labute approximate surface area is 201 Å². The van der Waals surface area contributed by atoms with Crippen LogP contribution in [0, 0.1) is 5.92 Å². The molecule has 1 aliphatic heterocycles. The number of hydrogen-bond acceptors (Lipinski definition) is 3. The molecule has 1 aliphatic rings. The highest BCUT2D eigenvalue weighted by molar-refractivity contribution is 6.98. The van der Waals surface area contributed by atoms with E-state index >= 15 is 0 Å². The van der Waals surface area contributed by atoms with Crippen molar-refractivity contribution in [2.45, 2.75) is 70.8 Å². The minimum Gasteiger partial charge on any atom is -0.424 e. The molecule has 3 rings (SSSR count). The van der Waals surface area contributed by atoms with Crippen LogP contribution in [0.3, 0.4) is 0 Å². The lowest BCUT2D eigenvalue weighted by Gasteiger charge is -2.42. The summed E-state index contributed by atoms with van der Waals surface area (Å²) >= 11 is 0. The van der Waals surface area contributed by atoms with Gasteiger partial charge in [-0.25, -0.2) is 0 Å². The van der Waals surface area contributed by atoms with Crippen molar-refractivity contribution in [3.63, 3.8) is 0 Å². The van der Waals surface area contributed by atoms with Crippen LogP contribution < -0.4 is 10.4 Å². The normalized spacial score (nSPS) is 20.0.